The van der Waals surface area contributed by atoms with Crippen LogP contribution >= 0.6 is 0 Å². The Morgan fingerprint density at radius 2 is 1.17 bits per heavy atom. The number of hydrogen-bond donors (Lipinski definition) is 0. The molecule has 0 aromatic carbocycles. The van der Waals surface area contributed by atoms with Crippen LogP contribution in [0.4, 0.5) is 0 Å². The van der Waals surface area contributed by atoms with E-state index in [2.05, 4.69) is 9.97 Å². The molecule has 0 spiro atoms. The Labute approximate surface area is 138 Å². The van der Waals surface area contributed by atoms with Crippen molar-refractivity contribution in [3.8, 4) is 0 Å². The Morgan fingerprint density at radius 3 is 1.52 bits per heavy atom. The molecule has 0 saturated carbocycles. The number of rotatable bonds is 2. The lowest BCUT2D eigenvalue weighted by Crippen LogP contribution is -2.03. The summed E-state index contributed by atoms with van der Waals surface area (Å²) in [5.41, 5.74) is 3.57. The van der Waals surface area contributed by atoms with Gasteiger partial charge in [-0.3, -0.25) is 14.8 Å². The summed E-state index contributed by atoms with van der Waals surface area (Å²) in [6.45, 7) is 8.00. The molecule has 3 heteroatoms. The highest BCUT2D eigenvalue weighted by Gasteiger charge is 2.16. The second kappa shape index (κ2) is 10.2. The number of aromatic nitrogens is 2. The van der Waals surface area contributed by atoms with Crippen LogP contribution in [0.1, 0.15) is 45.5 Å². The SMILES string of the molecule is CC.CC.O=C1C=C(c2ccccn2)CC(c2ccccn2)=C1. The quantitative estimate of drug-likeness (QED) is 0.786. The minimum absolute atomic E-state index is 0.00689. The van der Waals surface area contributed by atoms with Gasteiger partial charge in [-0.1, -0.05) is 39.8 Å². The Balaban J connectivity index is 0.000000615. The van der Waals surface area contributed by atoms with Gasteiger partial charge in [0.15, 0.2) is 5.78 Å². The predicted octanol–water partition coefficient (Wildman–Crippen LogP) is 4.97. The molecule has 2 aromatic heterocycles. The Kier molecular flexibility index (Phi) is 8.22. The average Bonchev–Trinajstić information content (AvgIpc) is 2.66. The summed E-state index contributed by atoms with van der Waals surface area (Å²) in [5.74, 6) is -0.00689. The van der Waals surface area contributed by atoms with Crippen LogP contribution in [0, 0.1) is 0 Å². The number of carbonyl (C=O) groups excluding carboxylic acids is 1. The molecule has 23 heavy (non-hydrogen) atoms. The zero-order valence-electron chi connectivity index (χ0n) is 14.3. The Bertz CT molecular complexity index is 601. The molecule has 0 bridgehead atoms. The zero-order chi connectivity index (χ0) is 17.1. The molecular weight excluding hydrogens is 284 g/mol. The van der Waals surface area contributed by atoms with E-state index < -0.39 is 0 Å². The molecule has 0 aliphatic heterocycles. The first kappa shape index (κ1) is 18.5. The molecular formula is C20H24N2O. The molecule has 0 N–H and O–H groups in total. The summed E-state index contributed by atoms with van der Waals surface area (Å²) >= 11 is 0. The van der Waals surface area contributed by atoms with E-state index in [0.29, 0.717) is 6.42 Å². The molecule has 2 heterocycles. The van der Waals surface area contributed by atoms with Gasteiger partial charge >= 0.3 is 0 Å². The van der Waals surface area contributed by atoms with Crippen LogP contribution in [-0.4, -0.2) is 15.8 Å². The van der Waals surface area contributed by atoms with E-state index >= 15 is 0 Å². The van der Waals surface area contributed by atoms with E-state index in [9.17, 15) is 4.79 Å². The fourth-order valence-corrected chi connectivity index (χ4v) is 2.13. The predicted molar refractivity (Wildman–Crippen MR) is 96.7 cm³/mol. The first-order valence-electron chi connectivity index (χ1n) is 8.11. The summed E-state index contributed by atoms with van der Waals surface area (Å²) in [7, 11) is 0. The topological polar surface area (TPSA) is 42.9 Å². The van der Waals surface area contributed by atoms with Crippen LogP contribution in [0.3, 0.4) is 0 Å². The van der Waals surface area contributed by atoms with Crippen molar-refractivity contribution >= 4 is 16.9 Å². The smallest absolute Gasteiger partial charge is 0.179 e. The van der Waals surface area contributed by atoms with Gasteiger partial charge in [-0.2, -0.15) is 0 Å². The summed E-state index contributed by atoms with van der Waals surface area (Å²) in [5, 5.41) is 0. The number of carbonyl (C=O) groups is 1. The molecule has 0 atom stereocenters. The third-order valence-corrected chi connectivity index (χ3v) is 3.00. The maximum Gasteiger partial charge on any atom is 0.179 e. The lowest BCUT2D eigenvalue weighted by atomic mass is 9.93. The number of ketones is 1. The molecule has 0 fully saturated rings. The van der Waals surface area contributed by atoms with Crippen molar-refractivity contribution in [3.63, 3.8) is 0 Å². The van der Waals surface area contributed by atoms with Gasteiger partial charge in [-0.05, 0) is 47.6 Å². The number of hydrogen-bond acceptors (Lipinski definition) is 3. The normalized spacial score (nSPS) is 12.8. The molecule has 0 amide bonds. The maximum atomic E-state index is 11.8. The first-order valence-corrected chi connectivity index (χ1v) is 8.11. The molecule has 0 saturated heterocycles. The molecule has 3 nitrogen and oxygen atoms in total. The van der Waals surface area contributed by atoms with Crippen LogP contribution in [0.2, 0.25) is 0 Å². The van der Waals surface area contributed by atoms with Gasteiger partial charge in [0.2, 0.25) is 0 Å². The molecule has 2 aromatic rings. The van der Waals surface area contributed by atoms with Crippen LogP contribution in [0.5, 0.6) is 0 Å². The van der Waals surface area contributed by atoms with Gasteiger partial charge in [0.25, 0.3) is 0 Å². The lowest BCUT2D eigenvalue weighted by molar-refractivity contribution is -0.110. The van der Waals surface area contributed by atoms with Crippen molar-refractivity contribution in [2.75, 3.05) is 0 Å². The van der Waals surface area contributed by atoms with Gasteiger partial charge in [0.05, 0.1) is 11.4 Å². The first-order chi connectivity index (χ1) is 11.3. The average molecular weight is 308 g/mol. The van der Waals surface area contributed by atoms with E-state index in [1.54, 1.807) is 24.5 Å². The summed E-state index contributed by atoms with van der Waals surface area (Å²) in [6.07, 6.45) is 7.45. The van der Waals surface area contributed by atoms with E-state index in [0.717, 1.165) is 22.5 Å². The van der Waals surface area contributed by atoms with Crippen LogP contribution in [-0.2, 0) is 4.79 Å². The van der Waals surface area contributed by atoms with Gasteiger partial charge < -0.3 is 0 Å². The van der Waals surface area contributed by atoms with Crippen molar-refractivity contribution in [1.29, 1.82) is 0 Å². The van der Waals surface area contributed by atoms with Crippen LogP contribution in [0.15, 0.2) is 60.9 Å². The van der Waals surface area contributed by atoms with Gasteiger partial charge in [0, 0.05) is 18.8 Å². The number of nitrogens with zero attached hydrogens (tertiary/aromatic N) is 2. The second-order valence-corrected chi connectivity index (χ2v) is 4.35. The number of allylic oxidation sites excluding steroid dienone is 4. The van der Waals surface area contributed by atoms with Gasteiger partial charge in [-0.15, -0.1) is 0 Å². The van der Waals surface area contributed by atoms with Crippen LogP contribution in [0.25, 0.3) is 11.1 Å². The fraction of sp³-hybridized carbons (Fsp3) is 0.250. The fourth-order valence-electron chi connectivity index (χ4n) is 2.13. The molecule has 120 valence electrons. The van der Waals surface area contributed by atoms with Crippen molar-refractivity contribution < 1.29 is 4.79 Å². The van der Waals surface area contributed by atoms with Crippen molar-refractivity contribution in [2.45, 2.75) is 34.1 Å². The lowest BCUT2D eigenvalue weighted by Gasteiger charge is -2.13. The van der Waals surface area contributed by atoms with Crippen molar-refractivity contribution in [2.24, 2.45) is 0 Å². The largest absolute Gasteiger partial charge is 0.290 e. The van der Waals surface area contributed by atoms with E-state index in [4.69, 9.17) is 0 Å². The van der Waals surface area contributed by atoms with E-state index in [-0.39, 0.29) is 5.78 Å². The minimum atomic E-state index is -0.00689. The Morgan fingerprint density at radius 1 is 0.739 bits per heavy atom. The molecule has 3 rings (SSSR count). The third kappa shape index (κ3) is 5.29. The maximum absolute atomic E-state index is 11.8. The van der Waals surface area contributed by atoms with Gasteiger partial charge in [0.1, 0.15) is 0 Å². The standard InChI is InChI=1S/C16H12N2O.2C2H6/c19-14-10-12(15-5-1-3-7-17-15)9-13(11-14)16-6-2-4-8-18-16;2*1-2/h1-8,10-11H,9H2;2*1-2H3. The summed E-state index contributed by atoms with van der Waals surface area (Å²) < 4.78 is 0. The highest BCUT2D eigenvalue weighted by Crippen LogP contribution is 2.29. The minimum Gasteiger partial charge on any atom is -0.290 e. The zero-order valence-corrected chi connectivity index (χ0v) is 14.3. The number of pyridine rings is 2. The Hall–Kier alpha value is -2.55. The second-order valence-electron chi connectivity index (χ2n) is 4.35. The van der Waals surface area contributed by atoms with E-state index in [1.807, 2.05) is 64.1 Å². The summed E-state index contributed by atoms with van der Waals surface area (Å²) in [4.78, 5) is 20.4. The highest BCUT2D eigenvalue weighted by molar-refractivity contribution is 6.11. The van der Waals surface area contributed by atoms with Crippen molar-refractivity contribution in [1.82, 2.24) is 9.97 Å². The van der Waals surface area contributed by atoms with Crippen LogP contribution < -0.4 is 0 Å². The van der Waals surface area contributed by atoms with Gasteiger partial charge in [-0.25, -0.2) is 0 Å². The molecule has 1 aliphatic rings. The monoisotopic (exact) mass is 308 g/mol. The molecule has 1 aliphatic carbocycles. The van der Waals surface area contributed by atoms with E-state index in [1.165, 1.54) is 0 Å². The highest BCUT2D eigenvalue weighted by atomic mass is 16.1. The molecule has 0 radical (unpaired) electrons. The third-order valence-electron chi connectivity index (χ3n) is 3.00. The van der Waals surface area contributed by atoms with Crippen molar-refractivity contribution in [3.05, 3.63) is 72.3 Å². The molecule has 0 unspecified atom stereocenters. The summed E-state index contributed by atoms with van der Waals surface area (Å²) in [6, 6.07) is 11.4.